The van der Waals surface area contributed by atoms with E-state index in [9.17, 15) is 13.5 Å². The summed E-state index contributed by atoms with van der Waals surface area (Å²) in [5.41, 5.74) is 2.56. The number of hydrogen-bond donors (Lipinski definition) is 3. The summed E-state index contributed by atoms with van der Waals surface area (Å²) < 4.78 is 25.3. The SMILES string of the molecule is CC(O)CN(C)S(=O)(=O)c1cnccc1NN. The first kappa shape index (κ1) is 13.8. The van der Waals surface area contributed by atoms with Gasteiger partial charge in [-0.05, 0) is 13.0 Å². The molecule has 0 saturated heterocycles. The monoisotopic (exact) mass is 260 g/mol. The maximum absolute atomic E-state index is 12.1. The lowest BCUT2D eigenvalue weighted by atomic mass is 10.4. The predicted molar refractivity (Wildman–Crippen MR) is 63.5 cm³/mol. The quantitative estimate of drug-likeness (QED) is 0.480. The second-order valence-electron chi connectivity index (χ2n) is 3.65. The molecule has 0 fully saturated rings. The number of aliphatic hydroxyl groups excluding tert-OH is 1. The van der Waals surface area contributed by atoms with Crippen molar-refractivity contribution in [2.45, 2.75) is 17.9 Å². The molecule has 0 radical (unpaired) electrons. The number of nitrogens with one attached hydrogen (secondary N) is 1. The summed E-state index contributed by atoms with van der Waals surface area (Å²) in [6, 6.07) is 1.46. The summed E-state index contributed by atoms with van der Waals surface area (Å²) in [5.74, 6) is 5.24. The van der Waals surface area contributed by atoms with Crippen molar-refractivity contribution >= 4 is 15.7 Å². The van der Waals surface area contributed by atoms with E-state index >= 15 is 0 Å². The molecule has 1 rings (SSSR count). The summed E-state index contributed by atoms with van der Waals surface area (Å²) in [7, 11) is -2.32. The van der Waals surface area contributed by atoms with Crippen LogP contribution in [0, 0.1) is 0 Å². The van der Waals surface area contributed by atoms with Gasteiger partial charge in [-0.1, -0.05) is 0 Å². The van der Waals surface area contributed by atoms with Crippen molar-refractivity contribution in [2.75, 3.05) is 19.0 Å². The number of nitrogens with zero attached hydrogens (tertiary/aromatic N) is 2. The number of hydrogen-bond acceptors (Lipinski definition) is 6. The van der Waals surface area contributed by atoms with Gasteiger partial charge >= 0.3 is 0 Å². The summed E-state index contributed by atoms with van der Waals surface area (Å²) >= 11 is 0. The van der Waals surface area contributed by atoms with E-state index in [0.717, 1.165) is 4.31 Å². The number of hydrazine groups is 1. The number of sulfonamides is 1. The fourth-order valence-corrected chi connectivity index (χ4v) is 2.69. The average molecular weight is 260 g/mol. The van der Waals surface area contributed by atoms with E-state index in [4.69, 9.17) is 5.84 Å². The summed E-state index contributed by atoms with van der Waals surface area (Å²) in [6.45, 7) is 1.51. The summed E-state index contributed by atoms with van der Waals surface area (Å²) in [5, 5.41) is 9.20. The maximum Gasteiger partial charge on any atom is 0.246 e. The van der Waals surface area contributed by atoms with E-state index in [2.05, 4.69) is 10.4 Å². The van der Waals surface area contributed by atoms with Crippen molar-refractivity contribution in [1.82, 2.24) is 9.29 Å². The van der Waals surface area contributed by atoms with Crippen LogP contribution in [0.15, 0.2) is 23.4 Å². The van der Waals surface area contributed by atoms with Crippen molar-refractivity contribution in [3.63, 3.8) is 0 Å². The van der Waals surface area contributed by atoms with Gasteiger partial charge in [-0.15, -0.1) is 0 Å². The summed E-state index contributed by atoms with van der Waals surface area (Å²) in [4.78, 5) is 3.73. The highest BCUT2D eigenvalue weighted by atomic mass is 32.2. The van der Waals surface area contributed by atoms with Crippen LogP contribution in [0.2, 0.25) is 0 Å². The Balaban J connectivity index is 3.13. The normalized spacial score (nSPS) is 13.7. The number of nitrogen functional groups attached to an aromatic ring is 1. The summed E-state index contributed by atoms with van der Waals surface area (Å²) in [6.07, 6.45) is 1.90. The Labute approximate surface area is 100 Å². The van der Waals surface area contributed by atoms with Crippen LogP contribution in [0.4, 0.5) is 5.69 Å². The minimum atomic E-state index is -3.71. The molecule has 0 aliphatic heterocycles. The number of aliphatic hydroxyl groups is 1. The van der Waals surface area contributed by atoms with Crippen molar-refractivity contribution in [3.8, 4) is 0 Å². The number of likely N-dealkylation sites (N-methyl/N-ethyl adjacent to an activating group) is 1. The van der Waals surface area contributed by atoms with Gasteiger partial charge in [0.15, 0.2) is 0 Å². The highest BCUT2D eigenvalue weighted by Gasteiger charge is 2.24. The molecule has 0 bridgehead atoms. The first-order chi connectivity index (χ1) is 7.89. The lowest BCUT2D eigenvalue weighted by molar-refractivity contribution is 0.171. The lowest BCUT2D eigenvalue weighted by Crippen LogP contribution is -2.33. The number of rotatable bonds is 5. The minimum absolute atomic E-state index is 0.00123. The second kappa shape index (κ2) is 5.41. The Morgan fingerprint density at radius 1 is 1.65 bits per heavy atom. The number of nitrogens with two attached hydrogens (primary N) is 1. The molecule has 1 unspecified atom stereocenters. The third-order valence-electron chi connectivity index (χ3n) is 2.15. The number of anilines is 1. The Kier molecular flexibility index (Phi) is 4.40. The third-order valence-corrected chi connectivity index (χ3v) is 4.00. The molecule has 4 N–H and O–H groups in total. The lowest BCUT2D eigenvalue weighted by Gasteiger charge is -2.19. The molecule has 0 amide bonds. The molecule has 96 valence electrons. The number of aromatic nitrogens is 1. The molecule has 0 saturated carbocycles. The first-order valence-electron chi connectivity index (χ1n) is 4.94. The Bertz CT molecular complexity index is 475. The van der Waals surface area contributed by atoms with E-state index in [-0.39, 0.29) is 17.1 Å². The smallest absolute Gasteiger partial charge is 0.246 e. The van der Waals surface area contributed by atoms with Gasteiger partial charge in [0.2, 0.25) is 10.0 Å². The average Bonchev–Trinajstić information content (AvgIpc) is 2.28. The molecule has 1 aromatic rings. The molecule has 1 aromatic heterocycles. The molecule has 1 heterocycles. The van der Waals surface area contributed by atoms with Gasteiger partial charge < -0.3 is 10.5 Å². The van der Waals surface area contributed by atoms with Gasteiger partial charge in [0.1, 0.15) is 4.90 Å². The zero-order valence-corrected chi connectivity index (χ0v) is 10.5. The molecule has 8 heteroatoms. The van der Waals surface area contributed by atoms with Gasteiger partial charge in [-0.25, -0.2) is 8.42 Å². The molecule has 17 heavy (non-hydrogen) atoms. The topological polar surface area (TPSA) is 109 Å². The predicted octanol–water partition coefficient (Wildman–Crippen LogP) is -0.631. The van der Waals surface area contributed by atoms with Crippen LogP contribution < -0.4 is 11.3 Å². The Morgan fingerprint density at radius 3 is 2.82 bits per heavy atom. The van der Waals surface area contributed by atoms with Crippen LogP contribution in [-0.4, -0.2) is 42.5 Å². The van der Waals surface area contributed by atoms with Crippen LogP contribution >= 0.6 is 0 Å². The van der Waals surface area contributed by atoms with Crippen LogP contribution in [0.1, 0.15) is 6.92 Å². The van der Waals surface area contributed by atoms with Crippen molar-refractivity contribution in [2.24, 2.45) is 5.84 Å². The van der Waals surface area contributed by atoms with Crippen molar-refractivity contribution in [3.05, 3.63) is 18.5 Å². The van der Waals surface area contributed by atoms with Crippen LogP contribution in [0.3, 0.4) is 0 Å². The van der Waals surface area contributed by atoms with Crippen molar-refractivity contribution < 1.29 is 13.5 Å². The second-order valence-corrected chi connectivity index (χ2v) is 5.66. The molecular formula is C9H16N4O3S. The molecule has 0 aliphatic rings. The fraction of sp³-hybridized carbons (Fsp3) is 0.444. The third kappa shape index (κ3) is 3.13. The standard InChI is InChI=1S/C9H16N4O3S/c1-7(14)6-13(2)17(15,16)9-5-11-4-3-8(9)12-10/h3-5,7,14H,6,10H2,1-2H3,(H,11,12). The van der Waals surface area contributed by atoms with Crippen molar-refractivity contribution in [1.29, 1.82) is 0 Å². The largest absolute Gasteiger partial charge is 0.392 e. The molecule has 1 atom stereocenters. The minimum Gasteiger partial charge on any atom is -0.392 e. The van der Waals surface area contributed by atoms with Crippen LogP contribution in [-0.2, 0) is 10.0 Å². The zero-order chi connectivity index (χ0) is 13.1. The molecular weight excluding hydrogens is 244 g/mol. The van der Waals surface area contributed by atoms with Gasteiger partial charge in [0.25, 0.3) is 0 Å². The molecule has 0 aliphatic carbocycles. The highest BCUT2D eigenvalue weighted by molar-refractivity contribution is 7.89. The Morgan fingerprint density at radius 2 is 2.29 bits per heavy atom. The molecule has 0 aromatic carbocycles. The van der Waals surface area contributed by atoms with E-state index in [1.54, 1.807) is 0 Å². The number of pyridine rings is 1. The molecule has 0 spiro atoms. The fourth-order valence-electron chi connectivity index (χ4n) is 1.34. The molecule has 7 nitrogen and oxygen atoms in total. The van der Waals surface area contributed by atoms with Crippen LogP contribution in [0.5, 0.6) is 0 Å². The van der Waals surface area contributed by atoms with E-state index < -0.39 is 16.1 Å². The van der Waals surface area contributed by atoms with Gasteiger partial charge in [0.05, 0.1) is 11.8 Å². The van der Waals surface area contributed by atoms with Gasteiger partial charge in [-0.2, -0.15) is 4.31 Å². The van der Waals surface area contributed by atoms with E-state index in [1.165, 1.54) is 32.4 Å². The zero-order valence-electron chi connectivity index (χ0n) is 9.66. The van der Waals surface area contributed by atoms with E-state index in [0.29, 0.717) is 0 Å². The van der Waals surface area contributed by atoms with Gasteiger partial charge in [-0.3, -0.25) is 10.8 Å². The van der Waals surface area contributed by atoms with E-state index in [1.807, 2.05) is 0 Å². The van der Waals surface area contributed by atoms with Crippen LogP contribution in [0.25, 0.3) is 0 Å². The maximum atomic E-state index is 12.1. The Hall–Kier alpha value is -1.22. The highest BCUT2D eigenvalue weighted by Crippen LogP contribution is 2.21. The van der Waals surface area contributed by atoms with Gasteiger partial charge in [0, 0.05) is 26.0 Å². The first-order valence-corrected chi connectivity index (χ1v) is 6.38.